The predicted molar refractivity (Wildman–Crippen MR) is 76.1 cm³/mol. The highest BCUT2D eigenvalue weighted by atomic mass is 32.2. The number of likely N-dealkylation sites (N-methyl/N-ethyl adjacent to an activating group) is 1. The van der Waals surface area contributed by atoms with Crippen LogP contribution in [-0.4, -0.2) is 49.9 Å². The Morgan fingerprint density at radius 2 is 1.86 bits per heavy atom. The monoisotopic (exact) mass is 314 g/mol. The number of carboxylic acids is 1. The zero-order valence-electron chi connectivity index (χ0n) is 11.7. The summed E-state index contributed by atoms with van der Waals surface area (Å²) in [5.41, 5.74) is 0. The highest BCUT2D eigenvalue weighted by Crippen LogP contribution is 2.06. The summed E-state index contributed by atoms with van der Waals surface area (Å²) in [6.07, 6.45) is -0.176. The summed E-state index contributed by atoms with van der Waals surface area (Å²) in [5, 5.41) is 8.60. The SMILES string of the molecule is CCN(CCC(=O)O)C(=O)CNS(=O)(=O)c1ccccc1. The van der Waals surface area contributed by atoms with Crippen LogP contribution in [0.4, 0.5) is 0 Å². The normalized spacial score (nSPS) is 11.1. The number of hydrogen-bond donors (Lipinski definition) is 2. The lowest BCUT2D eigenvalue weighted by molar-refractivity contribution is -0.138. The van der Waals surface area contributed by atoms with Crippen LogP contribution in [0.2, 0.25) is 0 Å². The quantitative estimate of drug-likeness (QED) is 0.717. The number of carbonyl (C=O) groups is 2. The summed E-state index contributed by atoms with van der Waals surface area (Å²) in [4.78, 5) is 23.7. The van der Waals surface area contributed by atoms with Crippen LogP contribution in [0, 0.1) is 0 Å². The number of carbonyl (C=O) groups excluding carboxylic acids is 1. The van der Waals surface area contributed by atoms with Gasteiger partial charge in [0.1, 0.15) is 0 Å². The van der Waals surface area contributed by atoms with Crippen molar-refractivity contribution in [1.82, 2.24) is 9.62 Å². The fraction of sp³-hybridized carbons (Fsp3) is 0.385. The first-order chi connectivity index (χ1) is 9.86. The van der Waals surface area contributed by atoms with Gasteiger partial charge in [-0.3, -0.25) is 9.59 Å². The minimum absolute atomic E-state index is 0.0533. The van der Waals surface area contributed by atoms with Crippen molar-refractivity contribution in [2.45, 2.75) is 18.2 Å². The summed E-state index contributed by atoms with van der Waals surface area (Å²) in [6.45, 7) is 1.67. The van der Waals surface area contributed by atoms with Gasteiger partial charge in [0.2, 0.25) is 15.9 Å². The second kappa shape index (κ2) is 7.75. The molecule has 21 heavy (non-hydrogen) atoms. The van der Waals surface area contributed by atoms with Gasteiger partial charge in [-0.05, 0) is 19.1 Å². The summed E-state index contributed by atoms with van der Waals surface area (Å²) < 4.78 is 26.1. The van der Waals surface area contributed by atoms with Crippen molar-refractivity contribution >= 4 is 21.9 Å². The maximum atomic E-state index is 11.9. The second-order valence-corrected chi connectivity index (χ2v) is 6.02. The van der Waals surface area contributed by atoms with E-state index in [2.05, 4.69) is 4.72 Å². The third kappa shape index (κ3) is 5.52. The lowest BCUT2D eigenvalue weighted by atomic mass is 10.3. The molecule has 0 unspecified atom stereocenters. The molecule has 0 aliphatic rings. The summed E-state index contributed by atoms with van der Waals surface area (Å²) >= 11 is 0. The van der Waals surface area contributed by atoms with Crippen molar-refractivity contribution < 1.29 is 23.1 Å². The van der Waals surface area contributed by atoms with Crippen molar-refractivity contribution in [3.05, 3.63) is 30.3 Å². The zero-order valence-corrected chi connectivity index (χ0v) is 12.5. The summed E-state index contributed by atoms with van der Waals surface area (Å²) in [6, 6.07) is 7.71. The average Bonchev–Trinajstić information content (AvgIpc) is 2.46. The largest absolute Gasteiger partial charge is 0.481 e. The fourth-order valence-corrected chi connectivity index (χ4v) is 2.64. The van der Waals surface area contributed by atoms with E-state index in [-0.39, 0.29) is 17.9 Å². The van der Waals surface area contributed by atoms with Gasteiger partial charge < -0.3 is 10.0 Å². The van der Waals surface area contributed by atoms with Gasteiger partial charge >= 0.3 is 5.97 Å². The highest BCUT2D eigenvalue weighted by Gasteiger charge is 2.18. The van der Waals surface area contributed by atoms with Gasteiger partial charge in [-0.2, -0.15) is 0 Å². The molecule has 7 nitrogen and oxygen atoms in total. The molecule has 0 radical (unpaired) electrons. The van der Waals surface area contributed by atoms with Gasteiger partial charge in [-0.1, -0.05) is 18.2 Å². The number of nitrogens with one attached hydrogen (secondary N) is 1. The van der Waals surface area contributed by atoms with Crippen molar-refractivity contribution in [2.75, 3.05) is 19.6 Å². The zero-order chi connectivity index (χ0) is 15.9. The van der Waals surface area contributed by atoms with E-state index in [9.17, 15) is 18.0 Å². The molecule has 0 bridgehead atoms. The van der Waals surface area contributed by atoms with Crippen molar-refractivity contribution in [1.29, 1.82) is 0 Å². The van der Waals surface area contributed by atoms with Crippen LogP contribution in [0.15, 0.2) is 35.2 Å². The Morgan fingerprint density at radius 1 is 1.24 bits per heavy atom. The maximum absolute atomic E-state index is 11.9. The predicted octanol–water partition coefficient (Wildman–Crippen LogP) is 0.288. The molecule has 0 fully saturated rings. The second-order valence-electron chi connectivity index (χ2n) is 4.25. The molecule has 1 amide bonds. The third-order valence-corrected chi connectivity index (χ3v) is 4.21. The standard InChI is InChI=1S/C13H18N2O5S/c1-2-15(9-8-13(17)18)12(16)10-14-21(19,20)11-6-4-3-5-7-11/h3-7,14H,2,8-10H2,1H3,(H,17,18). The molecule has 1 rings (SSSR count). The number of benzene rings is 1. The number of amides is 1. The molecule has 0 atom stereocenters. The maximum Gasteiger partial charge on any atom is 0.305 e. The molecular formula is C13H18N2O5S. The molecular weight excluding hydrogens is 296 g/mol. The van der Waals surface area contributed by atoms with E-state index in [1.165, 1.54) is 17.0 Å². The Labute approximate surface area is 123 Å². The molecule has 0 aliphatic heterocycles. The van der Waals surface area contributed by atoms with Gasteiger partial charge in [0, 0.05) is 13.1 Å². The van der Waals surface area contributed by atoms with E-state index in [4.69, 9.17) is 5.11 Å². The first-order valence-electron chi connectivity index (χ1n) is 6.41. The number of aliphatic carboxylic acids is 1. The fourth-order valence-electron chi connectivity index (χ4n) is 1.64. The number of hydrogen-bond acceptors (Lipinski definition) is 4. The lowest BCUT2D eigenvalue weighted by Crippen LogP contribution is -2.41. The van der Waals surface area contributed by atoms with Gasteiger partial charge in [0.25, 0.3) is 0 Å². The molecule has 0 aliphatic carbocycles. The highest BCUT2D eigenvalue weighted by molar-refractivity contribution is 7.89. The van der Waals surface area contributed by atoms with E-state index in [0.29, 0.717) is 6.54 Å². The van der Waals surface area contributed by atoms with Crippen molar-refractivity contribution in [2.24, 2.45) is 0 Å². The molecule has 0 saturated heterocycles. The number of nitrogens with zero attached hydrogens (tertiary/aromatic N) is 1. The molecule has 2 N–H and O–H groups in total. The van der Waals surface area contributed by atoms with Crippen molar-refractivity contribution in [3.8, 4) is 0 Å². The molecule has 0 heterocycles. The molecule has 0 spiro atoms. The molecule has 1 aromatic carbocycles. The van der Waals surface area contributed by atoms with Gasteiger partial charge in [-0.25, -0.2) is 13.1 Å². The Bertz CT molecular complexity index is 586. The van der Waals surface area contributed by atoms with E-state index < -0.39 is 28.4 Å². The number of rotatable bonds is 8. The van der Waals surface area contributed by atoms with Gasteiger partial charge in [-0.15, -0.1) is 0 Å². The third-order valence-electron chi connectivity index (χ3n) is 2.80. The van der Waals surface area contributed by atoms with Crippen LogP contribution in [-0.2, 0) is 19.6 Å². The minimum atomic E-state index is -3.74. The van der Waals surface area contributed by atoms with Gasteiger partial charge in [0.15, 0.2) is 0 Å². The smallest absolute Gasteiger partial charge is 0.305 e. The van der Waals surface area contributed by atoms with E-state index in [1.807, 2.05) is 0 Å². The van der Waals surface area contributed by atoms with Crippen LogP contribution in [0.3, 0.4) is 0 Å². The van der Waals surface area contributed by atoms with Crippen LogP contribution in [0.25, 0.3) is 0 Å². The van der Waals surface area contributed by atoms with E-state index in [1.54, 1.807) is 25.1 Å². The van der Waals surface area contributed by atoms with Crippen LogP contribution < -0.4 is 4.72 Å². The minimum Gasteiger partial charge on any atom is -0.481 e. The molecule has 116 valence electrons. The van der Waals surface area contributed by atoms with E-state index >= 15 is 0 Å². The Hall–Kier alpha value is -1.93. The van der Waals surface area contributed by atoms with Crippen LogP contribution in [0.1, 0.15) is 13.3 Å². The number of sulfonamides is 1. The number of carboxylic acid groups (broad SMARTS) is 1. The Kier molecular flexibility index (Phi) is 6.32. The molecule has 1 aromatic rings. The Balaban J connectivity index is 2.61. The van der Waals surface area contributed by atoms with E-state index in [0.717, 1.165) is 0 Å². The van der Waals surface area contributed by atoms with Crippen LogP contribution in [0.5, 0.6) is 0 Å². The average molecular weight is 314 g/mol. The first kappa shape index (κ1) is 17.1. The Morgan fingerprint density at radius 3 is 2.38 bits per heavy atom. The topological polar surface area (TPSA) is 104 Å². The summed E-state index contributed by atoms with van der Waals surface area (Å²) in [5.74, 6) is -1.47. The van der Waals surface area contributed by atoms with Crippen LogP contribution >= 0.6 is 0 Å². The first-order valence-corrected chi connectivity index (χ1v) is 7.89. The molecule has 0 aromatic heterocycles. The van der Waals surface area contributed by atoms with Crippen molar-refractivity contribution in [3.63, 3.8) is 0 Å². The van der Waals surface area contributed by atoms with Gasteiger partial charge in [0.05, 0.1) is 17.9 Å². The lowest BCUT2D eigenvalue weighted by Gasteiger charge is -2.20. The molecule has 8 heteroatoms. The molecule has 0 saturated carbocycles. The summed E-state index contributed by atoms with van der Waals surface area (Å²) in [7, 11) is -3.74.